The standard InChI is InChI=1S/C64H42N2O/c1-2-16-46-41-47(32-31-43(46)15-1)44-33-37-50(38-34-44)65(51-39-35-45(36-40-51)54-24-14-25-58-57-23-7-12-30-63(57)67-64(54)58)59-26-8-3-19-52(59)48-17-13-18-49(42-48)53-20-4-9-27-60(53)66-61-28-10-5-21-55(61)56-22-6-11-29-62(56)66/h1-42H. The van der Waals surface area contributed by atoms with Crippen LogP contribution in [0.4, 0.5) is 17.1 Å². The number of furan rings is 1. The van der Waals surface area contributed by atoms with Crippen molar-refractivity contribution in [3.8, 4) is 50.2 Å². The summed E-state index contributed by atoms with van der Waals surface area (Å²) in [5.41, 5.74) is 17.7. The summed E-state index contributed by atoms with van der Waals surface area (Å²) in [5, 5.41) is 7.23. The zero-order valence-corrected chi connectivity index (χ0v) is 36.6. The van der Waals surface area contributed by atoms with E-state index < -0.39 is 0 Å². The van der Waals surface area contributed by atoms with Crippen molar-refractivity contribution in [2.75, 3.05) is 4.90 Å². The molecule has 13 aromatic rings. The van der Waals surface area contributed by atoms with Gasteiger partial charge in [0.1, 0.15) is 11.2 Å². The Balaban J connectivity index is 0.938. The summed E-state index contributed by atoms with van der Waals surface area (Å²) < 4.78 is 8.91. The Labute approximate surface area is 388 Å². The lowest BCUT2D eigenvalue weighted by atomic mass is 9.96. The van der Waals surface area contributed by atoms with Gasteiger partial charge in [0.2, 0.25) is 0 Å². The first kappa shape index (κ1) is 38.5. The van der Waals surface area contributed by atoms with Crippen LogP contribution in [0.3, 0.4) is 0 Å². The molecule has 0 saturated carbocycles. The van der Waals surface area contributed by atoms with E-state index in [2.05, 4.69) is 252 Å². The minimum absolute atomic E-state index is 0.899. The molecule has 2 heterocycles. The smallest absolute Gasteiger partial charge is 0.143 e. The molecule has 0 N–H and O–H groups in total. The molecule has 3 nitrogen and oxygen atoms in total. The lowest BCUT2D eigenvalue weighted by Crippen LogP contribution is -2.11. The van der Waals surface area contributed by atoms with Crippen LogP contribution in [0.5, 0.6) is 0 Å². The molecule has 0 fully saturated rings. The molecule has 13 rings (SSSR count). The third kappa shape index (κ3) is 6.59. The Kier molecular flexibility index (Phi) is 9.17. The van der Waals surface area contributed by atoms with Crippen molar-refractivity contribution in [2.24, 2.45) is 0 Å². The highest BCUT2D eigenvalue weighted by molar-refractivity contribution is 6.11. The summed E-state index contributed by atoms with van der Waals surface area (Å²) in [6.45, 7) is 0. The van der Waals surface area contributed by atoms with Gasteiger partial charge < -0.3 is 13.9 Å². The minimum atomic E-state index is 0.899. The fourth-order valence-corrected chi connectivity index (χ4v) is 10.2. The number of anilines is 3. The molecule has 0 saturated heterocycles. The van der Waals surface area contributed by atoms with E-state index in [9.17, 15) is 0 Å². The molecular formula is C64H42N2O. The second kappa shape index (κ2) is 16.0. The molecule has 0 amide bonds. The molecule has 0 aliphatic carbocycles. The minimum Gasteiger partial charge on any atom is -0.455 e. The van der Waals surface area contributed by atoms with Gasteiger partial charge in [-0.3, -0.25) is 0 Å². The van der Waals surface area contributed by atoms with Crippen molar-refractivity contribution < 1.29 is 4.42 Å². The van der Waals surface area contributed by atoms with E-state index in [1.54, 1.807) is 0 Å². The van der Waals surface area contributed by atoms with Gasteiger partial charge in [0.05, 0.1) is 22.4 Å². The third-order valence-corrected chi connectivity index (χ3v) is 13.4. The molecule has 11 aromatic carbocycles. The van der Waals surface area contributed by atoms with Gasteiger partial charge in [0, 0.05) is 49.6 Å². The van der Waals surface area contributed by atoms with Gasteiger partial charge in [-0.1, -0.05) is 188 Å². The quantitative estimate of drug-likeness (QED) is 0.152. The first-order valence-electron chi connectivity index (χ1n) is 22.9. The number of para-hydroxylation sites is 6. The molecule has 2 aromatic heterocycles. The maximum absolute atomic E-state index is 6.49. The van der Waals surface area contributed by atoms with Crippen LogP contribution in [0.2, 0.25) is 0 Å². The molecule has 0 unspecified atom stereocenters. The van der Waals surface area contributed by atoms with Gasteiger partial charge >= 0.3 is 0 Å². The predicted octanol–water partition coefficient (Wildman–Crippen LogP) is 18.0. The number of rotatable bonds is 8. The molecule has 0 bridgehead atoms. The Bertz CT molecular complexity index is 3930. The van der Waals surface area contributed by atoms with Crippen LogP contribution in [0.1, 0.15) is 0 Å². The molecule has 0 aliphatic rings. The molecular weight excluding hydrogens is 813 g/mol. The molecule has 67 heavy (non-hydrogen) atoms. The maximum atomic E-state index is 6.49. The monoisotopic (exact) mass is 854 g/mol. The lowest BCUT2D eigenvalue weighted by molar-refractivity contribution is 0.670. The van der Waals surface area contributed by atoms with E-state index in [0.717, 1.165) is 72.5 Å². The third-order valence-electron chi connectivity index (χ3n) is 13.4. The van der Waals surface area contributed by atoms with E-state index in [0.29, 0.717) is 0 Å². The summed E-state index contributed by atoms with van der Waals surface area (Å²) in [6.07, 6.45) is 0. The van der Waals surface area contributed by atoms with Gasteiger partial charge in [-0.05, 0) is 105 Å². The van der Waals surface area contributed by atoms with Crippen molar-refractivity contribution in [3.63, 3.8) is 0 Å². The van der Waals surface area contributed by atoms with E-state index in [1.165, 1.54) is 49.3 Å². The van der Waals surface area contributed by atoms with Crippen molar-refractivity contribution in [1.29, 1.82) is 0 Å². The number of nitrogens with zero attached hydrogens (tertiary/aromatic N) is 2. The highest BCUT2D eigenvalue weighted by atomic mass is 16.3. The van der Waals surface area contributed by atoms with E-state index >= 15 is 0 Å². The normalized spacial score (nSPS) is 11.6. The Morgan fingerprint density at radius 1 is 0.313 bits per heavy atom. The molecule has 0 radical (unpaired) electrons. The van der Waals surface area contributed by atoms with E-state index in [4.69, 9.17) is 4.42 Å². The summed E-state index contributed by atoms with van der Waals surface area (Å²) in [4.78, 5) is 2.39. The Hall–Kier alpha value is -8.92. The van der Waals surface area contributed by atoms with E-state index in [-0.39, 0.29) is 0 Å². The molecule has 0 aliphatic heterocycles. The van der Waals surface area contributed by atoms with Crippen LogP contribution in [0, 0.1) is 0 Å². The second-order valence-electron chi connectivity index (χ2n) is 17.3. The summed E-state index contributed by atoms with van der Waals surface area (Å²) in [7, 11) is 0. The van der Waals surface area contributed by atoms with Crippen molar-refractivity contribution >= 4 is 71.6 Å². The van der Waals surface area contributed by atoms with Crippen molar-refractivity contribution in [1.82, 2.24) is 4.57 Å². The van der Waals surface area contributed by atoms with Crippen LogP contribution >= 0.6 is 0 Å². The van der Waals surface area contributed by atoms with Gasteiger partial charge in [-0.15, -0.1) is 0 Å². The van der Waals surface area contributed by atoms with Gasteiger partial charge in [0.15, 0.2) is 0 Å². The van der Waals surface area contributed by atoms with Crippen LogP contribution in [0.15, 0.2) is 259 Å². The fraction of sp³-hybridized carbons (Fsp3) is 0. The van der Waals surface area contributed by atoms with Gasteiger partial charge in [-0.2, -0.15) is 0 Å². The summed E-state index contributed by atoms with van der Waals surface area (Å²) in [5.74, 6) is 0. The molecule has 0 atom stereocenters. The molecule has 0 spiro atoms. The van der Waals surface area contributed by atoms with Gasteiger partial charge in [-0.25, -0.2) is 0 Å². The average molecular weight is 855 g/mol. The lowest BCUT2D eigenvalue weighted by Gasteiger charge is -2.28. The van der Waals surface area contributed by atoms with Crippen molar-refractivity contribution in [2.45, 2.75) is 0 Å². The van der Waals surface area contributed by atoms with Crippen LogP contribution in [-0.2, 0) is 0 Å². The Morgan fingerprint density at radius 3 is 1.61 bits per heavy atom. The topological polar surface area (TPSA) is 21.3 Å². The first-order chi connectivity index (χ1) is 33.2. The first-order valence-corrected chi connectivity index (χ1v) is 22.9. The summed E-state index contributed by atoms with van der Waals surface area (Å²) in [6, 6.07) is 92.0. The van der Waals surface area contributed by atoms with Crippen LogP contribution in [-0.4, -0.2) is 4.57 Å². The molecule has 3 heteroatoms. The second-order valence-corrected chi connectivity index (χ2v) is 17.3. The number of aromatic nitrogens is 1. The zero-order valence-electron chi connectivity index (χ0n) is 36.6. The predicted molar refractivity (Wildman–Crippen MR) is 282 cm³/mol. The fourth-order valence-electron chi connectivity index (χ4n) is 10.2. The largest absolute Gasteiger partial charge is 0.455 e. The highest BCUT2D eigenvalue weighted by Gasteiger charge is 2.20. The van der Waals surface area contributed by atoms with Crippen molar-refractivity contribution in [3.05, 3.63) is 255 Å². The van der Waals surface area contributed by atoms with E-state index in [1.807, 2.05) is 12.1 Å². The number of fused-ring (bicyclic) bond motifs is 7. The highest BCUT2D eigenvalue weighted by Crippen LogP contribution is 2.44. The summed E-state index contributed by atoms with van der Waals surface area (Å²) >= 11 is 0. The average Bonchev–Trinajstić information content (AvgIpc) is 3.95. The van der Waals surface area contributed by atoms with Crippen LogP contribution < -0.4 is 4.90 Å². The zero-order chi connectivity index (χ0) is 44.3. The number of hydrogen-bond acceptors (Lipinski definition) is 2. The Morgan fingerprint density at radius 2 is 0.851 bits per heavy atom. The van der Waals surface area contributed by atoms with Gasteiger partial charge in [0.25, 0.3) is 0 Å². The molecule has 314 valence electrons. The maximum Gasteiger partial charge on any atom is 0.143 e. The SMILES string of the molecule is c1cc(-c2ccccc2N(c2ccc(-c3ccc4ccccc4c3)cc2)c2ccc(-c3cccc4c3oc3ccccc34)cc2)cc(-c2ccccc2-n2c3ccccc3c3ccccc32)c1. The van der Waals surface area contributed by atoms with Crippen LogP contribution in [0.25, 0.3) is 105 Å². The number of hydrogen-bond donors (Lipinski definition) is 0. The number of benzene rings is 11.